The van der Waals surface area contributed by atoms with E-state index in [4.69, 9.17) is 0 Å². The SMILES string of the molecule is CNc1cncc(Cc2cccnc2)n1. The van der Waals surface area contributed by atoms with Crippen molar-refractivity contribution in [2.45, 2.75) is 6.42 Å². The van der Waals surface area contributed by atoms with Crippen LogP contribution in [0.25, 0.3) is 0 Å². The van der Waals surface area contributed by atoms with Gasteiger partial charge >= 0.3 is 0 Å². The van der Waals surface area contributed by atoms with Gasteiger partial charge in [0.25, 0.3) is 0 Å². The number of aromatic nitrogens is 3. The Morgan fingerprint density at radius 2 is 2.13 bits per heavy atom. The summed E-state index contributed by atoms with van der Waals surface area (Å²) in [5.74, 6) is 0.788. The third kappa shape index (κ3) is 2.49. The van der Waals surface area contributed by atoms with Crippen LogP contribution in [0.1, 0.15) is 11.3 Å². The molecule has 4 nitrogen and oxygen atoms in total. The van der Waals surface area contributed by atoms with Gasteiger partial charge in [-0.05, 0) is 11.6 Å². The summed E-state index contributed by atoms with van der Waals surface area (Å²) >= 11 is 0. The Morgan fingerprint density at radius 1 is 1.20 bits per heavy atom. The highest BCUT2D eigenvalue weighted by Gasteiger charge is 1.99. The van der Waals surface area contributed by atoms with Gasteiger partial charge in [0.1, 0.15) is 5.82 Å². The molecule has 0 unspecified atom stereocenters. The molecule has 1 N–H and O–H groups in total. The number of nitrogens with zero attached hydrogens (tertiary/aromatic N) is 3. The smallest absolute Gasteiger partial charge is 0.144 e. The Morgan fingerprint density at radius 3 is 2.87 bits per heavy atom. The molecule has 0 amide bonds. The van der Waals surface area contributed by atoms with Crippen molar-refractivity contribution in [3.8, 4) is 0 Å². The minimum atomic E-state index is 0.760. The van der Waals surface area contributed by atoms with Crippen molar-refractivity contribution < 1.29 is 0 Å². The molecule has 0 radical (unpaired) electrons. The minimum Gasteiger partial charge on any atom is -0.372 e. The summed E-state index contributed by atoms with van der Waals surface area (Å²) in [6, 6.07) is 3.95. The van der Waals surface area contributed by atoms with E-state index in [2.05, 4.69) is 20.3 Å². The van der Waals surface area contributed by atoms with E-state index in [9.17, 15) is 0 Å². The van der Waals surface area contributed by atoms with Gasteiger partial charge in [-0.25, -0.2) is 4.98 Å². The summed E-state index contributed by atoms with van der Waals surface area (Å²) < 4.78 is 0. The largest absolute Gasteiger partial charge is 0.372 e. The van der Waals surface area contributed by atoms with Crippen molar-refractivity contribution in [1.29, 1.82) is 0 Å². The number of anilines is 1. The van der Waals surface area contributed by atoms with Gasteiger partial charge in [0.15, 0.2) is 0 Å². The van der Waals surface area contributed by atoms with Crippen LogP contribution in [0.2, 0.25) is 0 Å². The summed E-state index contributed by atoms with van der Waals surface area (Å²) in [6.07, 6.45) is 7.84. The predicted octanol–water partition coefficient (Wildman–Crippen LogP) is 1.50. The van der Waals surface area contributed by atoms with E-state index in [1.807, 2.05) is 25.4 Å². The molecule has 0 aliphatic heterocycles. The summed E-state index contributed by atoms with van der Waals surface area (Å²) in [6.45, 7) is 0. The molecule has 0 fully saturated rings. The molecule has 2 aromatic heterocycles. The van der Waals surface area contributed by atoms with E-state index >= 15 is 0 Å². The molecule has 0 atom stereocenters. The highest BCUT2D eigenvalue weighted by Crippen LogP contribution is 2.07. The van der Waals surface area contributed by atoms with E-state index in [-0.39, 0.29) is 0 Å². The lowest BCUT2D eigenvalue weighted by atomic mass is 10.2. The average molecular weight is 200 g/mol. The monoisotopic (exact) mass is 200 g/mol. The molecule has 2 rings (SSSR count). The second kappa shape index (κ2) is 4.50. The van der Waals surface area contributed by atoms with Crippen molar-refractivity contribution in [2.75, 3.05) is 12.4 Å². The van der Waals surface area contributed by atoms with Crippen molar-refractivity contribution >= 4 is 5.82 Å². The molecule has 0 bridgehead atoms. The van der Waals surface area contributed by atoms with E-state index in [1.54, 1.807) is 18.6 Å². The Balaban J connectivity index is 2.17. The summed E-state index contributed by atoms with van der Waals surface area (Å²) in [5.41, 5.74) is 2.08. The first-order chi connectivity index (χ1) is 7.38. The average Bonchev–Trinajstić information content (AvgIpc) is 2.31. The summed E-state index contributed by atoms with van der Waals surface area (Å²) in [7, 11) is 1.83. The number of hydrogen-bond acceptors (Lipinski definition) is 4. The molecule has 0 aliphatic rings. The maximum Gasteiger partial charge on any atom is 0.144 e. The fourth-order valence-electron chi connectivity index (χ4n) is 1.32. The van der Waals surface area contributed by atoms with E-state index < -0.39 is 0 Å². The molecule has 0 saturated carbocycles. The maximum atomic E-state index is 4.39. The number of nitrogens with one attached hydrogen (secondary N) is 1. The maximum absolute atomic E-state index is 4.39. The van der Waals surface area contributed by atoms with Gasteiger partial charge < -0.3 is 5.32 Å². The van der Waals surface area contributed by atoms with Crippen LogP contribution in [-0.4, -0.2) is 22.0 Å². The quantitative estimate of drug-likeness (QED) is 0.815. The minimum absolute atomic E-state index is 0.760. The van der Waals surface area contributed by atoms with Gasteiger partial charge in [-0.2, -0.15) is 0 Å². The fraction of sp³-hybridized carbons (Fsp3) is 0.182. The Kier molecular flexibility index (Phi) is 2.88. The van der Waals surface area contributed by atoms with Crippen LogP contribution in [0, 0.1) is 0 Å². The Hall–Kier alpha value is -1.97. The zero-order chi connectivity index (χ0) is 10.5. The van der Waals surface area contributed by atoms with Gasteiger partial charge in [-0.1, -0.05) is 6.07 Å². The van der Waals surface area contributed by atoms with Gasteiger partial charge in [-0.3, -0.25) is 9.97 Å². The van der Waals surface area contributed by atoms with Crippen LogP contribution in [-0.2, 0) is 6.42 Å². The lowest BCUT2D eigenvalue weighted by Crippen LogP contribution is -1.98. The molecule has 15 heavy (non-hydrogen) atoms. The zero-order valence-corrected chi connectivity index (χ0v) is 8.51. The number of hydrogen-bond donors (Lipinski definition) is 1. The first kappa shape index (κ1) is 9.58. The predicted molar refractivity (Wildman–Crippen MR) is 58.6 cm³/mol. The molecular formula is C11H12N4. The molecule has 76 valence electrons. The molecule has 0 aliphatic carbocycles. The molecule has 4 heteroatoms. The van der Waals surface area contributed by atoms with Gasteiger partial charge in [0.2, 0.25) is 0 Å². The van der Waals surface area contributed by atoms with Crippen LogP contribution in [0.15, 0.2) is 36.9 Å². The second-order valence-electron chi connectivity index (χ2n) is 3.18. The molecule has 0 aromatic carbocycles. The molecular weight excluding hydrogens is 188 g/mol. The lowest BCUT2D eigenvalue weighted by molar-refractivity contribution is 1.02. The third-order valence-electron chi connectivity index (χ3n) is 2.05. The second-order valence-corrected chi connectivity index (χ2v) is 3.18. The first-order valence-corrected chi connectivity index (χ1v) is 4.76. The number of rotatable bonds is 3. The van der Waals surface area contributed by atoms with E-state index in [1.165, 1.54) is 0 Å². The van der Waals surface area contributed by atoms with Crippen LogP contribution in [0.4, 0.5) is 5.82 Å². The summed E-state index contributed by atoms with van der Waals surface area (Å²) in [4.78, 5) is 12.6. The third-order valence-corrected chi connectivity index (χ3v) is 2.05. The van der Waals surface area contributed by atoms with Crippen LogP contribution < -0.4 is 5.32 Å². The molecule has 2 aromatic rings. The Labute approximate surface area is 88.4 Å². The van der Waals surface area contributed by atoms with Crippen molar-refractivity contribution in [1.82, 2.24) is 15.0 Å². The Bertz CT molecular complexity index is 428. The first-order valence-electron chi connectivity index (χ1n) is 4.76. The topological polar surface area (TPSA) is 50.7 Å². The van der Waals surface area contributed by atoms with E-state index in [0.717, 1.165) is 23.5 Å². The molecule has 2 heterocycles. The van der Waals surface area contributed by atoms with Gasteiger partial charge in [0.05, 0.1) is 11.9 Å². The molecule has 0 saturated heterocycles. The summed E-state index contributed by atoms with van der Waals surface area (Å²) in [5, 5.41) is 2.96. The van der Waals surface area contributed by atoms with E-state index in [0.29, 0.717) is 0 Å². The normalized spacial score (nSPS) is 9.93. The van der Waals surface area contributed by atoms with Crippen LogP contribution >= 0.6 is 0 Å². The lowest BCUT2D eigenvalue weighted by Gasteiger charge is -2.02. The van der Waals surface area contributed by atoms with Crippen molar-refractivity contribution in [3.63, 3.8) is 0 Å². The van der Waals surface area contributed by atoms with Crippen LogP contribution in [0.3, 0.4) is 0 Å². The van der Waals surface area contributed by atoms with Crippen LogP contribution in [0.5, 0.6) is 0 Å². The standard InChI is InChI=1S/C11H12N4/c1-12-11-8-14-7-10(15-11)5-9-3-2-4-13-6-9/h2-4,6-8H,5H2,1H3,(H,12,15). The van der Waals surface area contributed by atoms with Crippen molar-refractivity contribution in [3.05, 3.63) is 48.2 Å². The zero-order valence-electron chi connectivity index (χ0n) is 8.51. The van der Waals surface area contributed by atoms with Crippen molar-refractivity contribution in [2.24, 2.45) is 0 Å². The molecule has 0 spiro atoms. The van der Waals surface area contributed by atoms with Gasteiger partial charge in [0, 0.05) is 32.1 Å². The van der Waals surface area contributed by atoms with Gasteiger partial charge in [-0.15, -0.1) is 0 Å². The fourth-order valence-corrected chi connectivity index (χ4v) is 1.32. The highest BCUT2D eigenvalue weighted by atomic mass is 15.0. The highest BCUT2D eigenvalue weighted by molar-refractivity contribution is 5.31. The number of pyridine rings is 1.